The van der Waals surface area contributed by atoms with Crippen molar-refractivity contribution in [1.82, 2.24) is 9.55 Å². The van der Waals surface area contributed by atoms with Crippen molar-refractivity contribution >= 4 is 10.9 Å². The minimum absolute atomic E-state index is 0.0966. The van der Waals surface area contributed by atoms with Crippen LogP contribution in [0.2, 0.25) is 0 Å². The summed E-state index contributed by atoms with van der Waals surface area (Å²) >= 11 is 0. The predicted molar refractivity (Wildman–Crippen MR) is 113 cm³/mol. The van der Waals surface area contributed by atoms with E-state index in [1.165, 1.54) is 38.5 Å². The quantitative estimate of drug-likeness (QED) is 0.839. The van der Waals surface area contributed by atoms with Gasteiger partial charge in [-0.15, -0.1) is 0 Å². The van der Waals surface area contributed by atoms with Gasteiger partial charge in [-0.1, -0.05) is 25.7 Å². The van der Waals surface area contributed by atoms with Crippen molar-refractivity contribution in [3.05, 3.63) is 34.4 Å². The van der Waals surface area contributed by atoms with E-state index >= 15 is 0 Å². The summed E-state index contributed by atoms with van der Waals surface area (Å²) in [5, 5.41) is 0.671. The molecule has 2 aromatic rings. The molecule has 0 aliphatic heterocycles. The van der Waals surface area contributed by atoms with E-state index in [0.29, 0.717) is 28.9 Å². The molecule has 2 aliphatic carbocycles. The van der Waals surface area contributed by atoms with Crippen molar-refractivity contribution in [2.24, 2.45) is 17.6 Å². The Hall–Kier alpha value is -1.88. The van der Waals surface area contributed by atoms with Crippen LogP contribution in [-0.4, -0.2) is 23.2 Å². The van der Waals surface area contributed by atoms with Crippen LogP contribution in [0.25, 0.3) is 10.9 Å². The zero-order valence-electron chi connectivity index (χ0n) is 17.0. The molecule has 0 amide bonds. The predicted octanol–water partition coefficient (Wildman–Crippen LogP) is 4.22. The van der Waals surface area contributed by atoms with E-state index in [4.69, 9.17) is 15.5 Å². The maximum Gasteiger partial charge on any atom is 0.261 e. The molecule has 0 bridgehead atoms. The first-order chi connectivity index (χ1) is 13.7. The van der Waals surface area contributed by atoms with E-state index in [1.54, 1.807) is 7.11 Å². The molecule has 5 nitrogen and oxygen atoms in total. The number of nitrogens with two attached hydrogens (primary N) is 1. The number of ether oxygens (including phenoxy) is 1. The molecule has 2 atom stereocenters. The summed E-state index contributed by atoms with van der Waals surface area (Å²) in [5.41, 5.74) is 6.84. The highest BCUT2D eigenvalue weighted by atomic mass is 16.5. The maximum atomic E-state index is 13.5. The molecule has 2 saturated carbocycles. The summed E-state index contributed by atoms with van der Waals surface area (Å²) in [4.78, 5) is 18.6. The topological polar surface area (TPSA) is 70.1 Å². The van der Waals surface area contributed by atoms with Crippen LogP contribution in [0.15, 0.2) is 23.0 Å². The molecule has 4 rings (SSSR count). The van der Waals surface area contributed by atoms with Crippen molar-refractivity contribution in [3.63, 3.8) is 0 Å². The van der Waals surface area contributed by atoms with E-state index < -0.39 is 0 Å². The van der Waals surface area contributed by atoms with Crippen molar-refractivity contribution < 1.29 is 4.74 Å². The lowest BCUT2D eigenvalue weighted by Gasteiger charge is -2.31. The summed E-state index contributed by atoms with van der Waals surface area (Å²) < 4.78 is 7.37. The van der Waals surface area contributed by atoms with Crippen LogP contribution in [0.3, 0.4) is 0 Å². The first-order valence-corrected chi connectivity index (χ1v) is 11.0. The minimum atomic E-state index is 0.0966. The van der Waals surface area contributed by atoms with E-state index in [0.717, 1.165) is 43.7 Å². The molecule has 2 N–H and O–H groups in total. The zero-order chi connectivity index (χ0) is 19.5. The van der Waals surface area contributed by atoms with Crippen LogP contribution >= 0.6 is 0 Å². The van der Waals surface area contributed by atoms with Gasteiger partial charge in [0, 0.05) is 12.5 Å². The number of hydrogen-bond donors (Lipinski definition) is 1. The Balaban J connectivity index is 1.76. The van der Waals surface area contributed by atoms with Gasteiger partial charge in [0.1, 0.15) is 11.6 Å². The fraction of sp³-hybridized carbons (Fsp3) is 0.652. The summed E-state index contributed by atoms with van der Waals surface area (Å²) in [6.45, 7) is 1.54. The van der Waals surface area contributed by atoms with E-state index in [2.05, 4.69) is 0 Å². The molecule has 1 aromatic carbocycles. The smallest absolute Gasteiger partial charge is 0.261 e. The Morgan fingerprint density at radius 1 is 1.11 bits per heavy atom. The zero-order valence-corrected chi connectivity index (χ0v) is 17.0. The van der Waals surface area contributed by atoms with Gasteiger partial charge in [0.05, 0.1) is 18.0 Å². The number of methoxy groups -OCH3 is 1. The highest BCUT2D eigenvalue weighted by molar-refractivity contribution is 5.79. The van der Waals surface area contributed by atoms with Crippen LogP contribution in [-0.2, 0) is 6.54 Å². The normalized spacial score (nSPS) is 23.8. The molecule has 0 radical (unpaired) electrons. The Kier molecular flexibility index (Phi) is 6.00. The Labute approximate surface area is 167 Å². The fourth-order valence-corrected chi connectivity index (χ4v) is 5.23. The second-order valence-electron chi connectivity index (χ2n) is 8.74. The maximum absolute atomic E-state index is 13.5. The number of nitrogens with zero attached hydrogens (tertiary/aromatic N) is 2. The molecule has 2 aliphatic rings. The van der Waals surface area contributed by atoms with Gasteiger partial charge in [-0.05, 0) is 68.7 Å². The summed E-state index contributed by atoms with van der Waals surface area (Å²) in [6.07, 6.45) is 10.8. The Bertz CT molecular complexity index is 870. The van der Waals surface area contributed by atoms with Gasteiger partial charge in [-0.25, -0.2) is 4.98 Å². The van der Waals surface area contributed by atoms with Gasteiger partial charge in [0.25, 0.3) is 5.56 Å². The average Bonchev–Trinajstić information content (AvgIpc) is 2.76. The monoisotopic (exact) mass is 383 g/mol. The summed E-state index contributed by atoms with van der Waals surface area (Å²) in [5.74, 6) is 3.25. The highest BCUT2D eigenvalue weighted by Gasteiger charge is 2.26. The number of rotatable bonds is 5. The third-order valence-electron chi connectivity index (χ3n) is 6.83. The Morgan fingerprint density at radius 3 is 2.64 bits per heavy atom. The van der Waals surface area contributed by atoms with E-state index in [9.17, 15) is 4.79 Å². The third-order valence-corrected chi connectivity index (χ3v) is 6.83. The molecule has 1 heterocycles. The largest absolute Gasteiger partial charge is 0.497 e. The molecule has 2 unspecified atom stereocenters. The van der Waals surface area contributed by atoms with Crippen molar-refractivity contribution in [1.29, 1.82) is 0 Å². The van der Waals surface area contributed by atoms with Crippen molar-refractivity contribution in [2.45, 2.75) is 70.3 Å². The molecule has 5 heteroatoms. The SMILES string of the molecule is COc1ccc2nc(C3CCCCC3)n(CC3CCCC(CN)C3)c(=O)c2c1. The molecular formula is C23H33N3O2. The van der Waals surface area contributed by atoms with Crippen LogP contribution in [0.5, 0.6) is 5.75 Å². The number of hydrogen-bond acceptors (Lipinski definition) is 4. The average molecular weight is 384 g/mol. The molecule has 0 spiro atoms. The molecular weight excluding hydrogens is 350 g/mol. The molecule has 152 valence electrons. The van der Waals surface area contributed by atoms with Gasteiger partial charge in [-0.3, -0.25) is 9.36 Å². The van der Waals surface area contributed by atoms with Gasteiger partial charge in [-0.2, -0.15) is 0 Å². The first kappa shape index (κ1) is 19.4. The lowest BCUT2D eigenvalue weighted by Crippen LogP contribution is -2.33. The van der Waals surface area contributed by atoms with Crippen LogP contribution in [0.4, 0.5) is 0 Å². The first-order valence-electron chi connectivity index (χ1n) is 11.0. The summed E-state index contributed by atoms with van der Waals surface area (Å²) in [6, 6.07) is 5.67. The fourth-order valence-electron chi connectivity index (χ4n) is 5.23. The number of aromatic nitrogens is 2. The summed E-state index contributed by atoms with van der Waals surface area (Å²) in [7, 11) is 1.64. The van der Waals surface area contributed by atoms with Crippen LogP contribution < -0.4 is 16.0 Å². The molecule has 2 fully saturated rings. The van der Waals surface area contributed by atoms with Crippen LogP contribution in [0.1, 0.15) is 69.5 Å². The standard InChI is InChI=1S/C23H33N3O2/c1-28-19-10-11-21-20(13-19)23(27)26(15-17-7-5-6-16(12-17)14-24)22(25-21)18-8-3-2-4-9-18/h10-11,13,16-18H,2-9,12,14-15,24H2,1H3. The van der Waals surface area contributed by atoms with Crippen LogP contribution in [0, 0.1) is 11.8 Å². The Morgan fingerprint density at radius 2 is 1.89 bits per heavy atom. The minimum Gasteiger partial charge on any atom is -0.497 e. The number of fused-ring (bicyclic) bond motifs is 1. The lowest BCUT2D eigenvalue weighted by molar-refractivity contribution is 0.241. The van der Waals surface area contributed by atoms with Gasteiger partial charge >= 0.3 is 0 Å². The van der Waals surface area contributed by atoms with Crippen molar-refractivity contribution in [3.8, 4) is 5.75 Å². The van der Waals surface area contributed by atoms with E-state index in [1.807, 2.05) is 22.8 Å². The highest BCUT2D eigenvalue weighted by Crippen LogP contribution is 2.34. The molecule has 28 heavy (non-hydrogen) atoms. The second kappa shape index (κ2) is 8.64. The number of benzene rings is 1. The van der Waals surface area contributed by atoms with Gasteiger partial charge in [0.2, 0.25) is 0 Å². The van der Waals surface area contributed by atoms with E-state index in [-0.39, 0.29) is 5.56 Å². The third kappa shape index (κ3) is 3.95. The van der Waals surface area contributed by atoms with Gasteiger partial charge < -0.3 is 10.5 Å². The lowest BCUT2D eigenvalue weighted by atomic mass is 9.81. The second-order valence-corrected chi connectivity index (χ2v) is 8.74. The van der Waals surface area contributed by atoms with Gasteiger partial charge in [0.15, 0.2) is 0 Å². The molecule has 1 aromatic heterocycles. The van der Waals surface area contributed by atoms with Crippen molar-refractivity contribution in [2.75, 3.05) is 13.7 Å². The molecule has 0 saturated heterocycles.